The molecule has 2 aromatic carbocycles. The second-order valence-corrected chi connectivity index (χ2v) is 8.62. The maximum Gasteiger partial charge on any atom is 0.277 e. The summed E-state index contributed by atoms with van der Waals surface area (Å²) in [5.74, 6) is -0.765. The van der Waals surface area contributed by atoms with Crippen LogP contribution in [0.5, 0.6) is 5.75 Å². The molecule has 0 bridgehead atoms. The number of ether oxygens (including phenoxy) is 1. The Kier molecular flexibility index (Phi) is 4.96. The summed E-state index contributed by atoms with van der Waals surface area (Å²) in [5, 5.41) is 4.42. The summed E-state index contributed by atoms with van der Waals surface area (Å²) >= 11 is 0. The lowest BCUT2D eigenvalue weighted by Gasteiger charge is -2.28. The Labute approximate surface area is 204 Å². The van der Waals surface area contributed by atoms with Gasteiger partial charge in [-0.05, 0) is 60.5 Å². The predicted octanol–water partition coefficient (Wildman–Crippen LogP) is 2.40. The number of nitrogens with two attached hydrogens (primary N) is 1. The van der Waals surface area contributed by atoms with E-state index in [9.17, 15) is 18.8 Å². The van der Waals surface area contributed by atoms with E-state index in [0.29, 0.717) is 42.2 Å². The summed E-state index contributed by atoms with van der Waals surface area (Å²) in [6, 6.07) is 14.5. The van der Waals surface area contributed by atoms with Crippen LogP contribution in [-0.2, 0) is 12.8 Å². The van der Waals surface area contributed by atoms with E-state index in [1.807, 2.05) is 12.1 Å². The molecule has 180 valence electrons. The van der Waals surface area contributed by atoms with Gasteiger partial charge in [0.15, 0.2) is 5.69 Å². The quantitative estimate of drug-likeness (QED) is 0.477. The molecule has 0 atom stereocenters. The number of halogens is 1. The van der Waals surface area contributed by atoms with Crippen LogP contribution < -0.4 is 20.9 Å². The van der Waals surface area contributed by atoms with E-state index in [1.165, 1.54) is 9.25 Å². The molecule has 2 amide bonds. The Morgan fingerprint density at radius 2 is 1.72 bits per heavy atom. The standard InChI is InChI=1S/C26H20FN5O4/c27-16-1-8-22(33)31(14-16)18-4-2-17(3-5-18)30-11-9-20-23(25(28)34)29-32(24(20)26(30)35)19-6-7-21-15(13-19)10-12-36-21/h1-8,13-14H,9-12H2,(H2,28,34). The molecule has 2 aliphatic rings. The molecule has 0 fully saturated rings. The number of pyridine rings is 1. The second kappa shape index (κ2) is 8.19. The van der Waals surface area contributed by atoms with Crippen molar-refractivity contribution in [3.63, 3.8) is 0 Å². The largest absolute Gasteiger partial charge is 0.493 e. The zero-order valence-corrected chi connectivity index (χ0v) is 19.0. The smallest absolute Gasteiger partial charge is 0.277 e. The minimum Gasteiger partial charge on any atom is -0.493 e. The molecular weight excluding hydrogens is 465 g/mol. The number of fused-ring (bicyclic) bond motifs is 2. The zero-order valence-electron chi connectivity index (χ0n) is 19.0. The van der Waals surface area contributed by atoms with Crippen LogP contribution in [0.4, 0.5) is 10.1 Å². The van der Waals surface area contributed by atoms with E-state index < -0.39 is 11.7 Å². The second-order valence-electron chi connectivity index (χ2n) is 8.62. The summed E-state index contributed by atoms with van der Waals surface area (Å²) in [6.07, 6.45) is 2.25. The molecule has 0 spiro atoms. The number of benzene rings is 2. The van der Waals surface area contributed by atoms with Crippen LogP contribution in [0.15, 0.2) is 65.6 Å². The van der Waals surface area contributed by atoms with E-state index in [1.54, 1.807) is 35.2 Å². The lowest BCUT2D eigenvalue weighted by atomic mass is 10.0. The van der Waals surface area contributed by atoms with Crippen molar-refractivity contribution in [2.24, 2.45) is 5.73 Å². The molecule has 9 nitrogen and oxygen atoms in total. The lowest BCUT2D eigenvalue weighted by molar-refractivity contribution is 0.0972. The third kappa shape index (κ3) is 3.46. The molecule has 6 rings (SSSR count). The first kappa shape index (κ1) is 21.8. The third-order valence-corrected chi connectivity index (χ3v) is 6.48. The Morgan fingerprint density at radius 1 is 0.972 bits per heavy atom. The first-order chi connectivity index (χ1) is 17.4. The van der Waals surface area contributed by atoms with E-state index in [-0.39, 0.29) is 22.9 Å². The third-order valence-electron chi connectivity index (χ3n) is 6.48. The van der Waals surface area contributed by atoms with Gasteiger partial charge >= 0.3 is 0 Å². The van der Waals surface area contributed by atoms with Crippen molar-refractivity contribution in [3.8, 4) is 17.1 Å². The summed E-state index contributed by atoms with van der Waals surface area (Å²) in [6.45, 7) is 0.905. The summed E-state index contributed by atoms with van der Waals surface area (Å²) in [5.41, 5.74) is 8.79. The number of primary amides is 1. The fourth-order valence-corrected chi connectivity index (χ4v) is 4.75. The van der Waals surface area contributed by atoms with Crippen molar-refractivity contribution < 1.29 is 18.7 Å². The van der Waals surface area contributed by atoms with E-state index in [0.717, 1.165) is 36.1 Å². The molecule has 2 aromatic heterocycles. The number of nitrogens with zero attached hydrogens (tertiary/aromatic N) is 4. The van der Waals surface area contributed by atoms with Gasteiger partial charge in [0.05, 0.1) is 12.3 Å². The Hall–Kier alpha value is -4.73. The predicted molar refractivity (Wildman–Crippen MR) is 129 cm³/mol. The van der Waals surface area contributed by atoms with Gasteiger partial charge in [-0.3, -0.25) is 19.0 Å². The Balaban J connectivity index is 1.39. The molecule has 0 aliphatic carbocycles. The number of carbonyl (C=O) groups excluding carboxylic acids is 2. The minimum atomic E-state index is -0.694. The van der Waals surface area contributed by atoms with Crippen LogP contribution in [0.2, 0.25) is 0 Å². The topological polar surface area (TPSA) is 112 Å². The molecule has 0 radical (unpaired) electrons. The minimum absolute atomic E-state index is 0.0792. The summed E-state index contributed by atoms with van der Waals surface area (Å²) in [7, 11) is 0. The zero-order chi connectivity index (χ0) is 25.0. The average Bonchev–Trinajstić information content (AvgIpc) is 3.51. The van der Waals surface area contributed by atoms with Gasteiger partial charge in [-0.15, -0.1) is 0 Å². The molecule has 2 aliphatic heterocycles. The number of rotatable bonds is 4. The van der Waals surface area contributed by atoms with Crippen molar-refractivity contribution in [2.75, 3.05) is 18.1 Å². The fourth-order valence-electron chi connectivity index (χ4n) is 4.75. The maximum atomic E-state index is 13.7. The van der Waals surface area contributed by atoms with E-state index >= 15 is 0 Å². The van der Waals surface area contributed by atoms with Crippen molar-refractivity contribution in [1.29, 1.82) is 0 Å². The van der Waals surface area contributed by atoms with Crippen LogP contribution in [0, 0.1) is 5.82 Å². The number of hydrogen-bond acceptors (Lipinski definition) is 5. The van der Waals surface area contributed by atoms with Crippen LogP contribution in [-0.4, -0.2) is 39.3 Å². The van der Waals surface area contributed by atoms with E-state index in [4.69, 9.17) is 10.5 Å². The van der Waals surface area contributed by atoms with Crippen LogP contribution in [0.3, 0.4) is 0 Å². The number of amides is 2. The molecule has 10 heteroatoms. The van der Waals surface area contributed by atoms with Gasteiger partial charge in [-0.1, -0.05) is 0 Å². The van der Waals surface area contributed by atoms with Gasteiger partial charge < -0.3 is 15.4 Å². The molecule has 4 aromatic rings. The summed E-state index contributed by atoms with van der Waals surface area (Å²) < 4.78 is 21.9. The van der Waals surface area contributed by atoms with Crippen LogP contribution in [0.1, 0.15) is 32.1 Å². The van der Waals surface area contributed by atoms with Gasteiger partial charge in [0.1, 0.15) is 17.3 Å². The number of aromatic nitrogens is 3. The molecular formula is C26H20FN5O4. The number of carbonyl (C=O) groups is 2. The highest BCUT2D eigenvalue weighted by atomic mass is 19.1. The molecule has 0 saturated heterocycles. The molecule has 0 unspecified atom stereocenters. The van der Waals surface area contributed by atoms with Crippen LogP contribution in [0.25, 0.3) is 11.4 Å². The van der Waals surface area contributed by atoms with Crippen LogP contribution >= 0.6 is 0 Å². The van der Waals surface area contributed by atoms with Gasteiger partial charge in [0, 0.05) is 42.2 Å². The van der Waals surface area contributed by atoms with Gasteiger partial charge in [-0.2, -0.15) is 5.10 Å². The van der Waals surface area contributed by atoms with Gasteiger partial charge in [0.2, 0.25) is 0 Å². The fraction of sp³-hybridized carbons (Fsp3) is 0.154. The SMILES string of the molecule is NC(=O)c1nn(-c2ccc3c(c2)CCO3)c2c1CCN(c1ccc(-n3cc(F)ccc3=O)cc1)C2=O. The maximum absolute atomic E-state index is 13.7. The van der Waals surface area contributed by atoms with Crippen molar-refractivity contribution in [3.05, 3.63) is 99.5 Å². The lowest BCUT2D eigenvalue weighted by Crippen LogP contribution is -2.39. The number of hydrogen-bond donors (Lipinski definition) is 1. The first-order valence-electron chi connectivity index (χ1n) is 11.4. The average molecular weight is 485 g/mol. The van der Waals surface area contributed by atoms with E-state index in [2.05, 4.69) is 5.10 Å². The number of anilines is 1. The first-order valence-corrected chi connectivity index (χ1v) is 11.4. The monoisotopic (exact) mass is 485 g/mol. The molecule has 36 heavy (non-hydrogen) atoms. The van der Waals surface area contributed by atoms with Crippen molar-refractivity contribution in [1.82, 2.24) is 14.3 Å². The highest BCUT2D eigenvalue weighted by Crippen LogP contribution is 2.32. The Morgan fingerprint density at radius 3 is 2.50 bits per heavy atom. The van der Waals surface area contributed by atoms with Crippen molar-refractivity contribution >= 4 is 17.5 Å². The molecule has 0 saturated carbocycles. The van der Waals surface area contributed by atoms with Gasteiger partial charge in [-0.25, -0.2) is 9.07 Å². The van der Waals surface area contributed by atoms with Crippen molar-refractivity contribution in [2.45, 2.75) is 12.8 Å². The normalized spacial score (nSPS) is 14.4. The molecule has 4 heterocycles. The van der Waals surface area contributed by atoms with Gasteiger partial charge in [0.25, 0.3) is 17.4 Å². The Bertz CT molecular complexity index is 1610. The highest BCUT2D eigenvalue weighted by molar-refractivity contribution is 6.09. The summed E-state index contributed by atoms with van der Waals surface area (Å²) in [4.78, 5) is 39.6. The highest BCUT2D eigenvalue weighted by Gasteiger charge is 2.34. The molecule has 2 N–H and O–H groups in total.